The fraction of sp³-hybridized carbons (Fsp3) is 0.188. The van der Waals surface area contributed by atoms with Crippen molar-refractivity contribution in [3.63, 3.8) is 0 Å². The summed E-state index contributed by atoms with van der Waals surface area (Å²) in [6, 6.07) is 4.34. The molecule has 0 aromatic heterocycles. The number of amides is 1. The van der Waals surface area contributed by atoms with Crippen LogP contribution in [0.2, 0.25) is 0 Å². The molecular formula is C16H14F3NO4. The van der Waals surface area contributed by atoms with Crippen molar-refractivity contribution in [1.29, 1.82) is 0 Å². The number of anilines is 1. The van der Waals surface area contributed by atoms with Crippen LogP contribution in [0.25, 0.3) is 0 Å². The molecule has 0 saturated carbocycles. The standard InChI is InChI=1S/C16H14F3NO4/c1-22-11-6-8(7-12(23-2)15(11)24-3)20-16(21)9-4-5-10(17)14(19)13(9)18/h4-7H,1-3H3,(H,20,21). The van der Waals surface area contributed by atoms with Gasteiger partial charge in [0, 0.05) is 17.8 Å². The lowest BCUT2D eigenvalue weighted by atomic mass is 10.1. The number of carbonyl (C=O) groups excluding carboxylic acids is 1. The predicted octanol–water partition coefficient (Wildman–Crippen LogP) is 3.38. The molecule has 0 bridgehead atoms. The molecule has 24 heavy (non-hydrogen) atoms. The van der Waals surface area contributed by atoms with Crippen LogP contribution in [0.1, 0.15) is 10.4 Å². The molecule has 0 spiro atoms. The van der Waals surface area contributed by atoms with Crippen molar-refractivity contribution in [3.8, 4) is 17.2 Å². The van der Waals surface area contributed by atoms with E-state index in [2.05, 4.69) is 5.32 Å². The lowest BCUT2D eigenvalue weighted by molar-refractivity contribution is 0.102. The van der Waals surface area contributed by atoms with Gasteiger partial charge in [-0.2, -0.15) is 0 Å². The van der Waals surface area contributed by atoms with Gasteiger partial charge in [0.05, 0.1) is 26.9 Å². The van der Waals surface area contributed by atoms with E-state index in [9.17, 15) is 18.0 Å². The third kappa shape index (κ3) is 3.22. The summed E-state index contributed by atoms with van der Waals surface area (Å²) in [5, 5.41) is 2.36. The first kappa shape index (κ1) is 17.5. The molecule has 2 aromatic carbocycles. The number of benzene rings is 2. The average Bonchev–Trinajstić information content (AvgIpc) is 2.58. The number of hydrogen-bond acceptors (Lipinski definition) is 4. The molecular weight excluding hydrogens is 327 g/mol. The van der Waals surface area contributed by atoms with E-state index in [4.69, 9.17) is 14.2 Å². The second-order valence-electron chi connectivity index (χ2n) is 4.59. The topological polar surface area (TPSA) is 56.8 Å². The minimum Gasteiger partial charge on any atom is -0.493 e. The highest BCUT2D eigenvalue weighted by Gasteiger charge is 2.20. The molecule has 0 aliphatic carbocycles. The summed E-state index contributed by atoms with van der Waals surface area (Å²) < 4.78 is 55.2. The molecule has 128 valence electrons. The fourth-order valence-electron chi connectivity index (χ4n) is 2.05. The highest BCUT2D eigenvalue weighted by atomic mass is 19.2. The van der Waals surface area contributed by atoms with E-state index < -0.39 is 28.9 Å². The second-order valence-corrected chi connectivity index (χ2v) is 4.59. The molecule has 5 nitrogen and oxygen atoms in total. The van der Waals surface area contributed by atoms with Gasteiger partial charge >= 0.3 is 0 Å². The number of methoxy groups -OCH3 is 3. The summed E-state index contributed by atoms with van der Waals surface area (Å²) in [5.41, 5.74) is -0.443. The van der Waals surface area contributed by atoms with Gasteiger partial charge in [-0.15, -0.1) is 0 Å². The summed E-state index contributed by atoms with van der Waals surface area (Å²) >= 11 is 0. The van der Waals surface area contributed by atoms with Crippen LogP contribution in [0.4, 0.5) is 18.9 Å². The van der Waals surface area contributed by atoms with Crippen molar-refractivity contribution in [2.24, 2.45) is 0 Å². The second kappa shape index (κ2) is 7.12. The maximum atomic E-state index is 13.7. The van der Waals surface area contributed by atoms with Crippen LogP contribution in [0.5, 0.6) is 17.2 Å². The van der Waals surface area contributed by atoms with Gasteiger partial charge in [0.25, 0.3) is 5.91 Å². The Balaban J connectivity index is 2.37. The Morgan fingerprint density at radius 3 is 2.00 bits per heavy atom. The Bertz CT molecular complexity index is 755. The van der Waals surface area contributed by atoms with Crippen molar-refractivity contribution in [3.05, 3.63) is 47.3 Å². The molecule has 2 aromatic rings. The summed E-state index contributed by atoms with van der Waals surface area (Å²) in [4.78, 5) is 12.1. The van der Waals surface area contributed by atoms with E-state index in [0.29, 0.717) is 11.8 Å². The molecule has 1 N–H and O–H groups in total. The number of rotatable bonds is 5. The Kier molecular flexibility index (Phi) is 5.18. The van der Waals surface area contributed by atoms with E-state index in [0.717, 1.165) is 6.07 Å². The van der Waals surface area contributed by atoms with Crippen LogP contribution in [0.3, 0.4) is 0 Å². The number of carbonyl (C=O) groups is 1. The van der Waals surface area contributed by atoms with E-state index in [1.165, 1.54) is 33.5 Å². The predicted molar refractivity (Wildman–Crippen MR) is 80.4 cm³/mol. The van der Waals surface area contributed by atoms with Crippen molar-refractivity contribution >= 4 is 11.6 Å². The van der Waals surface area contributed by atoms with Gasteiger partial charge in [-0.1, -0.05) is 0 Å². The van der Waals surface area contributed by atoms with Gasteiger partial charge in [0.2, 0.25) is 5.75 Å². The van der Waals surface area contributed by atoms with E-state index >= 15 is 0 Å². The maximum Gasteiger partial charge on any atom is 0.258 e. The highest BCUT2D eigenvalue weighted by Crippen LogP contribution is 2.40. The molecule has 0 aliphatic rings. The molecule has 8 heteroatoms. The average molecular weight is 341 g/mol. The van der Waals surface area contributed by atoms with Gasteiger partial charge in [-0.3, -0.25) is 4.79 Å². The van der Waals surface area contributed by atoms with Gasteiger partial charge < -0.3 is 19.5 Å². The SMILES string of the molecule is COc1cc(NC(=O)c2ccc(F)c(F)c2F)cc(OC)c1OC. The molecule has 0 saturated heterocycles. The largest absolute Gasteiger partial charge is 0.493 e. The fourth-order valence-corrected chi connectivity index (χ4v) is 2.05. The quantitative estimate of drug-likeness (QED) is 0.847. The lowest BCUT2D eigenvalue weighted by Crippen LogP contribution is -2.15. The van der Waals surface area contributed by atoms with E-state index in [1.807, 2.05) is 0 Å². The normalized spacial score (nSPS) is 10.2. The number of hydrogen-bond donors (Lipinski definition) is 1. The van der Waals surface area contributed by atoms with Crippen LogP contribution >= 0.6 is 0 Å². The molecule has 2 rings (SSSR count). The minimum absolute atomic E-state index is 0.193. The molecule has 1 amide bonds. The summed E-state index contributed by atoms with van der Waals surface area (Å²) in [6.45, 7) is 0. The molecule has 0 heterocycles. The molecule has 0 atom stereocenters. The summed E-state index contributed by atoms with van der Waals surface area (Å²) in [6.07, 6.45) is 0. The highest BCUT2D eigenvalue weighted by molar-refractivity contribution is 6.04. The first-order valence-corrected chi connectivity index (χ1v) is 6.67. The number of nitrogens with one attached hydrogen (secondary N) is 1. The molecule has 0 unspecified atom stereocenters. The Labute approximate surface area is 135 Å². The molecule has 0 aliphatic heterocycles. The monoisotopic (exact) mass is 341 g/mol. The minimum atomic E-state index is -1.72. The van der Waals surface area contributed by atoms with Gasteiger partial charge in [0.1, 0.15) is 0 Å². The van der Waals surface area contributed by atoms with Crippen molar-refractivity contribution < 1.29 is 32.2 Å². The van der Waals surface area contributed by atoms with E-state index in [-0.39, 0.29) is 17.2 Å². The molecule has 0 fully saturated rings. The summed E-state index contributed by atoms with van der Waals surface area (Å²) in [7, 11) is 4.19. The van der Waals surface area contributed by atoms with Crippen molar-refractivity contribution in [2.75, 3.05) is 26.6 Å². The summed E-state index contributed by atoms with van der Waals surface area (Å²) in [5.74, 6) is -4.79. The zero-order valence-electron chi connectivity index (χ0n) is 13.1. The third-order valence-electron chi connectivity index (χ3n) is 3.20. The zero-order chi connectivity index (χ0) is 17.9. The number of halogens is 3. The number of ether oxygens (including phenoxy) is 3. The lowest BCUT2D eigenvalue weighted by Gasteiger charge is -2.14. The van der Waals surface area contributed by atoms with Crippen molar-refractivity contribution in [2.45, 2.75) is 0 Å². The van der Waals surface area contributed by atoms with Crippen molar-refractivity contribution in [1.82, 2.24) is 0 Å². The Morgan fingerprint density at radius 1 is 0.917 bits per heavy atom. The smallest absolute Gasteiger partial charge is 0.258 e. The van der Waals surface area contributed by atoms with Gasteiger partial charge in [-0.25, -0.2) is 13.2 Å². The Hall–Kier alpha value is -2.90. The maximum absolute atomic E-state index is 13.7. The van der Waals surface area contributed by atoms with Gasteiger partial charge in [-0.05, 0) is 12.1 Å². The van der Waals surface area contributed by atoms with Gasteiger partial charge in [0.15, 0.2) is 29.0 Å². The van der Waals surface area contributed by atoms with Crippen LogP contribution in [-0.2, 0) is 0 Å². The van der Waals surface area contributed by atoms with E-state index in [1.54, 1.807) is 0 Å². The first-order valence-electron chi connectivity index (χ1n) is 6.67. The third-order valence-corrected chi connectivity index (χ3v) is 3.20. The van der Waals surface area contributed by atoms with Crippen LogP contribution in [0.15, 0.2) is 24.3 Å². The van der Waals surface area contributed by atoms with Crippen LogP contribution < -0.4 is 19.5 Å². The Morgan fingerprint density at radius 2 is 1.50 bits per heavy atom. The molecule has 0 radical (unpaired) electrons. The zero-order valence-corrected chi connectivity index (χ0v) is 13.1. The first-order chi connectivity index (χ1) is 11.4. The van der Waals surface area contributed by atoms with Crippen LogP contribution in [0, 0.1) is 17.5 Å². The van der Waals surface area contributed by atoms with Crippen LogP contribution in [-0.4, -0.2) is 27.2 Å².